The molecule has 0 saturated carbocycles. The highest BCUT2D eigenvalue weighted by atomic mass is 19.1. The molecule has 1 aliphatic carbocycles. The van der Waals surface area contributed by atoms with Crippen LogP contribution in [0.15, 0.2) is 12.1 Å². The van der Waals surface area contributed by atoms with Gasteiger partial charge in [-0.3, -0.25) is 4.79 Å². The number of rotatable bonds is 0. The van der Waals surface area contributed by atoms with Crippen molar-refractivity contribution in [2.45, 2.75) is 20.3 Å². The fourth-order valence-corrected chi connectivity index (χ4v) is 1.92. The zero-order chi connectivity index (χ0) is 10.5. The lowest BCUT2D eigenvalue weighted by Gasteiger charge is -2.12. The zero-order valence-corrected chi connectivity index (χ0v) is 8.03. The Bertz CT molecular complexity index is 422. The molecule has 0 unspecified atom stereocenters. The summed E-state index contributed by atoms with van der Waals surface area (Å²) in [5.74, 6) is -1.59. The Morgan fingerprint density at radius 3 is 2.57 bits per heavy atom. The van der Waals surface area contributed by atoms with Crippen LogP contribution in [-0.2, 0) is 6.42 Å². The first-order valence-corrected chi connectivity index (χ1v) is 4.44. The van der Waals surface area contributed by atoms with Gasteiger partial charge in [0, 0.05) is 11.5 Å². The van der Waals surface area contributed by atoms with Crippen molar-refractivity contribution in [3.8, 4) is 0 Å². The van der Waals surface area contributed by atoms with E-state index >= 15 is 0 Å². The summed E-state index contributed by atoms with van der Waals surface area (Å²) in [6.07, 6.45) is 0.413. The van der Waals surface area contributed by atoms with Crippen LogP contribution in [0.4, 0.5) is 8.78 Å². The van der Waals surface area contributed by atoms with Gasteiger partial charge in [-0.25, -0.2) is 8.78 Å². The number of halogens is 2. The molecular formula is C11H10F2O. The van der Waals surface area contributed by atoms with E-state index < -0.39 is 17.0 Å². The second-order valence-corrected chi connectivity index (χ2v) is 4.31. The minimum absolute atomic E-state index is 0.0661. The molecule has 1 aromatic rings. The van der Waals surface area contributed by atoms with Gasteiger partial charge in [0.1, 0.15) is 11.6 Å². The molecule has 0 amide bonds. The van der Waals surface area contributed by atoms with Crippen molar-refractivity contribution in [3.63, 3.8) is 0 Å². The Labute approximate surface area is 80.7 Å². The lowest BCUT2D eigenvalue weighted by atomic mass is 9.89. The summed E-state index contributed by atoms with van der Waals surface area (Å²) >= 11 is 0. The molecule has 0 bridgehead atoms. The molecular weight excluding hydrogens is 186 g/mol. The molecule has 0 spiro atoms. The predicted octanol–water partition coefficient (Wildman–Crippen LogP) is 2.73. The third kappa shape index (κ3) is 1.15. The summed E-state index contributed by atoms with van der Waals surface area (Å²) in [5, 5.41) is 0. The maximum atomic E-state index is 13.3. The normalized spacial score (nSPS) is 18.4. The van der Waals surface area contributed by atoms with Gasteiger partial charge >= 0.3 is 0 Å². The maximum Gasteiger partial charge on any atom is 0.172 e. The van der Waals surface area contributed by atoms with Crippen molar-refractivity contribution in [1.29, 1.82) is 0 Å². The number of carbonyl (C=O) groups is 1. The van der Waals surface area contributed by atoms with Crippen molar-refractivity contribution in [1.82, 2.24) is 0 Å². The van der Waals surface area contributed by atoms with Gasteiger partial charge in [-0.15, -0.1) is 0 Å². The molecule has 0 saturated heterocycles. The van der Waals surface area contributed by atoms with Gasteiger partial charge in [-0.05, 0) is 18.1 Å². The molecule has 0 N–H and O–H groups in total. The minimum atomic E-state index is -0.740. The third-order valence-electron chi connectivity index (χ3n) is 2.61. The number of carbonyl (C=O) groups excluding carboxylic acids is 1. The highest BCUT2D eigenvalue weighted by Gasteiger charge is 2.39. The van der Waals surface area contributed by atoms with Gasteiger partial charge in [0.05, 0.1) is 5.56 Å². The number of Topliss-reactive ketones (excluding diaryl/α,β-unsaturated/α-hetero) is 1. The zero-order valence-electron chi connectivity index (χ0n) is 8.03. The van der Waals surface area contributed by atoms with Gasteiger partial charge in [0.2, 0.25) is 0 Å². The smallest absolute Gasteiger partial charge is 0.172 e. The largest absolute Gasteiger partial charge is 0.293 e. The number of fused-ring (bicyclic) bond motifs is 1. The average Bonchev–Trinajstić information content (AvgIpc) is 2.21. The van der Waals surface area contributed by atoms with E-state index in [4.69, 9.17) is 0 Å². The van der Waals surface area contributed by atoms with Crippen LogP contribution in [0.5, 0.6) is 0 Å². The van der Waals surface area contributed by atoms with E-state index in [1.807, 2.05) is 0 Å². The van der Waals surface area contributed by atoms with E-state index in [0.717, 1.165) is 6.07 Å². The average molecular weight is 196 g/mol. The highest BCUT2D eigenvalue weighted by molar-refractivity contribution is 6.04. The number of hydrogen-bond acceptors (Lipinski definition) is 1. The summed E-state index contributed by atoms with van der Waals surface area (Å²) in [6, 6.07) is 2.00. The fraction of sp³-hybridized carbons (Fsp3) is 0.364. The van der Waals surface area contributed by atoms with Gasteiger partial charge in [-0.1, -0.05) is 13.8 Å². The van der Waals surface area contributed by atoms with Crippen LogP contribution in [-0.4, -0.2) is 5.78 Å². The van der Waals surface area contributed by atoms with Crippen LogP contribution in [0.3, 0.4) is 0 Å². The van der Waals surface area contributed by atoms with E-state index in [-0.39, 0.29) is 11.3 Å². The summed E-state index contributed by atoms with van der Waals surface area (Å²) < 4.78 is 26.1. The molecule has 0 radical (unpaired) electrons. The lowest BCUT2D eigenvalue weighted by Crippen LogP contribution is -2.19. The van der Waals surface area contributed by atoms with Crippen LogP contribution >= 0.6 is 0 Å². The van der Waals surface area contributed by atoms with Crippen molar-refractivity contribution in [2.24, 2.45) is 5.41 Å². The quantitative estimate of drug-likeness (QED) is 0.623. The second kappa shape index (κ2) is 2.62. The van der Waals surface area contributed by atoms with Crippen molar-refractivity contribution in [3.05, 3.63) is 34.9 Å². The van der Waals surface area contributed by atoms with E-state index in [1.54, 1.807) is 13.8 Å². The molecule has 1 aliphatic rings. The van der Waals surface area contributed by atoms with Gasteiger partial charge in [0.15, 0.2) is 5.78 Å². The van der Waals surface area contributed by atoms with E-state index in [0.29, 0.717) is 12.0 Å². The lowest BCUT2D eigenvalue weighted by molar-refractivity contribution is 0.0860. The Balaban J connectivity index is 2.66. The Kier molecular flexibility index (Phi) is 1.74. The molecule has 2 rings (SSSR count). The van der Waals surface area contributed by atoms with Crippen LogP contribution in [0, 0.1) is 17.0 Å². The second-order valence-electron chi connectivity index (χ2n) is 4.31. The molecule has 0 fully saturated rings. The molecule has 0 heterocycles. The molecule has 0 atom stereocenters. The number of benzene rings is 1. The summed E-state index contributed by atoms with van der Waals surface area (Å²) in [7, 11) is 0. The first-order valence-electron chi connectivity index (χ1n) is 4.44. The number of hydrogen-bond donors (Lipinski definition) is 0. The molecule has 3 heteroatoms. The number of ketones is 1. The van der Waals surface area contributed by atoms with Crippen LogP contribution < -0.4 is 0 Å². The van der Waals surface area contributed by atoms with Gasteiger partial charge in [0.25, 0.3) is 0 Å². The Morgan fingerprint density at radius 1 is 1.29 bits per heavy atom. The molecule has 14 heavy (non-hydrogen) atoms. The molecule has 0 aliphatic heterocycles. The summed E-state index contributed by atoms with van der Waals surface area (Å²) in [4.78, 5) is 11.7. The standard InChI is InChI=1S/C11H10F2O/c1-11(2)5-6-3-7(12)4-8(13)9(6)10(11)14/h3-4H,5H2,1-2H3. The molecule has 1 aromatic carbocycles. The maximum absolute atomic E-state index is 13.3. The monoisotopic (exact) mass is 196 g/mol. The highest BCUT2D eigenvalue weighted by Crippen LogP contribution is 2.37. The topological polar surface area (TPSA) is 17.1 Å². The van der Waals surface area contributed by atoms with E-state index in [1.165, 1.54) is 6.07 Å². The first-order chi connectivity index (χ1) is 6.42. The Morgan fingerprint density at radius 2 is 1.93 bits per heavy atom. The van der Waals surface area contributed by atoms with Crippen LogP contribution in [0.1, 0.15) is 29.8 Å². The third-order valence-corrected chi connectivity index (χ3v) is 2.61. The van der Waals surface area contributed by atoms with E-state index in [9.17, 15) is 13.6 Å². The first kappa shape index (κ1) is 9.31. The summed E-state index contributed by atoms with van der Waals surface area (Å²) in [5.41, 5.74) is -0.0503. The van der Waals surface area contributed by atoms with Crippen LogP contribution in [0.2, 0.25) is 0 Å². The summed E-state index contributed by atoms with van der Waals surface area (Å²) in [6.45, 7) is 3.49. The SMILES string of the molecule is CC1(C)Cc2cc(F)cc(F)c2C1=O. The Hall–Kier alpha value is -1.25. The minimum Gasteiger partial charge on any atom is -0.293 e. The van der Waals surface area contributed by atoms with Crippen molar-refractivity contribution < 1.29 is 13.6 Å². The van der Waals surface area contributed by atoms with Gasteiger partial charge in [-0.2, -0.15) is 0 Å². The van der Waals surface area contributed by atoms with E-state index in [2.05, 4.69) is 0 Å². The molecule has 0 aromatic heterocycles. The fourth-order valence-electron chi connectivity index (χ4n) is 1.92. The van der Waals surface area contributed by atoms with Crippen molar-refractivity contribution in [2.75, 3.05) is 0 Å². The van der Waals surface area contributed by atoms with Crippen LogP contribution in [0.25, 0.3) is 0 Å². The molecule has 74 valence electrons. The van der Waals surface area contributed by atoms with Crippen molar-refractivity contribution >= 4 is 5.78 Å². The molecule has 1 nitrogen and oxygen atoms in total. The van der Waals surface area contributed by atoms with Gasteiger partial charge < -0.3 is 0 Å². The predicted molar refractivity (Wildman–Crippen MR) is 48.2 cm³/mol.